The van der Waals surface area contributed by atoms with Crippen molar-refractivity contribution < 1.29 is 9.59 Å². The molecule has 4 aliphatic rings. The average Bonchev–Trinajstić information content (AvgIpc) is 2.32. The second kappa shape index (κ2) is 5.11. The van der Waals surface area contributed by atoms with Crippen molar-refractivity contribution in [3.63, 3.8) is 0 Å². The molecule has 4 bridgehead atoms. The van der Waals surface area contributed by atoms with Gasteiger partial charge in [-0.1, -0.05) is 22.5 Å². The zero-order chi connectivity index (χ0) is 15.3. The van der Waals surface area contributed by atoms with E-state index in [-0.39, 0.29) is 22.8 Å². The molecule has 116 valence electrons. The molecule has 2 atom stereocenters. The van der Waals surface area contributed by atoms with Crippen molar-refractivity contribution in [1.29, 1.82) is 0 Å². The summed E-state index contributed by atoms with van der Waals surface area (Å²) >= 11 is 3.29. The molecule has 0 aliphatic heterocycles. The van der Waals surface area contributed by atoms with Crippen molar-refractivity contribution in [2.45, 2.75) is 51.0 Å². The fourth-order valence-corrected chi connectivity index (χ4v) is 5.55. The van der Waals surface area contributed by atoms with Crippen LogP contribution in [0.4, 0.5) is 0 Å². The van der Waals surface area contributed by atoms with Crippen LogP contribution in [0.3, 0.4) is 0 Å². The van der Waals surface area contributed by atoms with Crippen LogP contribution in [-0.4, -0.2) is 23.9 Å². The van der Waals surface area contributed by atoms with Gasteiger partial charge in [-0.05, 0) is 50.4 Å². The number of amides is 2. The van der Waals surface area contributed by atoms with Gasteiger partial charge >= 0.3 is 0 Å². The quantitative estimate of drug-likeness (QED) is 0.814. The summed E-state index contributed by atoms with van der Waals surface area (Å²) in [5.74, 6) is 1.33. The third-order valence-corrected chi connectivity index (χ3v) is 5.71. The van der Waals surface area contributed by atoms with E-state index in [1.807, 2.05) is 0 Å². The lowest BCUT2D eigenvalue weighted by atomic mass is 9.46. The third-order valence-electron chi connectivity index (χ3n) is 5.42. The summed E-state index contributed by atoms with van der Waals surface area (Å²) in [4.78, 5) is 24.3. The Hall–Kier alpha value is -0.840. The van der Waals surface area contributed by atoms with Gasteiger partial charge in [0.15, 0.2) is 0 Å². The van der Waals surface area contributed by atoms with Gasteiger partial charge in [-0.15, -0.1) is 0 Å². The van der Waals surface area contributed by atoms with Gasteiger partial charge in [-0.25, -0.2) is 0 Å². The van der Waals surface area contributed by atoms with Crippen molar-refractivity contribution in [1.82, 2.24) is 10.6 Å². The average molecular weight is 355 g/mol. The SMILES string of the molecule is C=C(Br)CNC(=O)C12C[C@H]3C[C@@H](CC(NC(C)=O)(C3)C1)C2. The van der Waals surface area contributed by atoms with Gasteiger partial charge in [0, 0.05) is 23.5 Å². The summed E-state index contributed by atoms with van der Waals surface area (Å²) in [5, 5.41) is 6.20. The number of rotatable bonds is 4. The second-order valence-electron chi connectivity index (χ2n) is 7.40. The van der Waals surface area contributed by atoms with Gasteiger partial charge in [0.05, 0.1) is 5.41 Å². The molecule has 5 heteroatoms. The molecule has 0 unspecified atom stereocenters. The first-order chi connectivity index (χ1) is 9.82. The molecule has 0 aromatic rings. The van der Waals surface area contributed by atoms with Crippen molar-refractivity contribution >= 4 is 27.7 Å². The molecule has 21 heavy (non-hydrogen) atoms. The smallest absolute Gasteiger partial charge is 0.226 e. The molecule has 0 spiro atoms. The largest absolute Gasteiger partial charge is 0.351 e. The van der Waals surface area contributed by atoms with Gasteiger partial charge in [-0.3, -0.25) is 9.59 Å². The summed E-state index contributed by atoms with van der Waals surface area (Å²) < 4.78 is 0.789. The predicted molar refractivity (Wildman–Crippen MR) is 84.7 cm³/mol. The van der Waals surface area contributed by atoms with Gasteiger partial charge in [0.25, 0.3) is 0 Å². The lowest BCUT2D eigenvalue weighted by Crippen LogP contribution is -2.65. The van der Waals surface area contributed by atoms with Crippen LogP contribution in [0.25, 0.3) is 0 Å². The lowest BCUT2D eigenvalue weighted by Gasteiger charge is -2.61. The van der Waals surface area contributed by atoms with Crippen molar-refractivity contribution in [2.75, 3.05) is 6.54 Å². The highest BCUT2D eigenvalue weighted by Crippen LogP contribution is 2.61. The number of halogens is 1. The van der Waals surface area contributed by atoms with E-state index >= 15 is 0 Å². The van der Waals surface area contributed by atoms with E-state index in [1.54, 1.807) is 6.92 Å². The Bertz CT molecular complexity index is 489. The Kier molecular flexibility index (Phi) is 3.67. The maximum atomic E-state index is 12.7. The summed E-state index contributed by atoms with van der Waals surface area (Å²) in [7, 11) is 0. The fourth-order valence-electron chi connectivity index (χ4n) is 5.41. The van der Waals surface area contributed by atoms with Gasteiger partial charge in [-0.2, -0.15) is 0 Å². The molecule has 0 heterocycles. The molecule has 0 aromatic carbocycles. The predicted octanol–water partition coefficient (Wildman–Crippen LogP) is 2.49. The van der Waals surface area contributed by atoms with E-state index in [0.29, 0.717) is 18.4 Å². The Morgan fingerprint density at radius 1 is 1.24 bits per heavy atom. The zero-order valence-corrected chi connectivity index (χ0v) is 14.1. The van der Waals surface area contributed by atoms with Crippen LogP contribution in [0, 0.1) is 17.3 Å². The molecule has 4 saturated carbocycles. The molecular formula is C16H23BrN2O2. The minimum absolute atomic E-state index is 0.0290. The molecule has 2 amide bonds. The summed E-state index contributed by atoms with van der Waals surface area (Å²) in [6, 6.07) is 0. The zero-order valence-electron chi connectivity index (χ0n) is 12.5. The molecule has 4 fully saturated rings. The highest BCUT2D eigenvalue weighted by Gasteiger charge is 2.60. The Labute approximate surface area is 134 Å². The van der Waals surface area contributed by atoms with Crippen molar-refractivity contribution in [2.24, 2.45) is 17.3 Å². The van der Waals surface area contributed by atoms with Gasteiger partial charge < -0.3 is 10.6 Å². The van der Waals surface area contributed by atoms with Gasteiger partial charge in [0.2, 0.25) is 11.8 Å². The third kappa shape index (κ3) is 2.77. The first-order valence-electron chi connectivity index (χ1n) is 7.73. The van der Waals surface area contributed by atoms with E-state index in [4.69, 9.17) is 0 Å². The van der Waals surface area contributed by atoms with Crippen LogP contribution >= 0.6 is 15.9 Å². The van der Waals surface area contributed by atoms with Crippen molar-refractivity contribution in [3.05, 3.63) is 11.1 Å². The number of hydrogen-bond acceptors (Lipinski definition) is 2. The maximum Gasteiger partial charge on any atom is 0.226 e. The highest BCUT2D eigenvalue weighted by molar-refractivity contribution is 9.11. The molecule has 0 saturated heterocycles. The molecule has 2 N–H and O–H groups in total. The lowest BCUT2D eigenvalue weighted by molar-refractivity contribution is -0.152. The van der Waals surface area contributed by atoms with Crippen LogP contribution in [0.1, 0.15) is 45.4 Å². The molecule has 0 radical (unpaired) electrons. The van der Waals surface area contributed by atoms with E-state index in [1.165, 1.54) is 6.42 Å². The Morgan fingerprint density at radius 3 is 2.38 bits per heavy atom. The summed E-state index contributed by atoms with van der Waals surface area (Å²) in [6.07, 6.45) is 6.07. The van der Waals surface area contributed by atoms with Crippen LogP contribution in [-0.2, 0) is 9.59 Å². The molecule has 4 rings (SSSR count). The van der Waals surface area contributed by atoms with Crippen LogP contribution in [0.15, 0.2) is 11.1 Å². The fraction of sp³-hybridized carbons (Fsp3) is 0.750. The van der Waals surface area contributed by atoms with E-state index in [9.17, 15) is 9.59 Å². The van der Waals surface area contributed by atoms with Crippen LogP contribution < -0.4 is 10.6 Å². The maximum absolute atomic E-state index is 12.7. The van der Waals surface area contributed by atoms with E-state index in [0.717, 1.165) is 36.6 Å². The molecule has 4 aliphatic carbocycles. The Morgan fingerprint density at radius 2 is 1.86 bits per heavy atom. The minimum Gasteiger partial charge on any atom is -0.351 e. The monoisotopic (exact) mass is 354 g/mol. The van der Waals surface area contributed by atoms with Gasteiger partial charge in [0.1, 0.15) is 0 Å². The number of hydrogen-bond donors (Lipinski definition) is 2. The number of nitrogens with one attached hydrogen (secondary N) is 2. The molecule has 0 aromatic heterocycles. The first kappa shape index (κ1) is 15.1. The highest BCUT2D eigenvalue weighted by atomic mass is 79.9. The standard InChI is InChI=1S/C16H23BrN2O2/c1-10(17)8-18-14(21)15-4-12-3-13(5-15)7-16(6-12,9-15)19-11(2)20/h12-13H,1,3-9H2,2H3,(H,18,21)(H,19,20)/t12-,13-,15?,16?/m1/s1. The normalized spacial score (nSPS) is 39.9. The topological polar surface area (TPSA) is 58.2 Å². The van der Waals surface area contributed by atoms with Crippen LogP contribution in [0.2, 0.25) is 0 Å². The first-order valence-corrected chi connectivity index (χ1v) is 8.52. The van der Waals surface area contributed by atoms with Crippen LogP contribution in [0.5, 0.6) is 0 Å². The second-order valence-corrected chi connectivity index (χ2v) is 8.52. The number of carbonyl (C=O) groups excluding carboxylic acids is 2. The summed E-state index contributed by atoms with van der Waals surface area (Å²) in [5.41, 5.74) is -0.423. The Balaban J connectivity index is 1.81. The minimum atomic E-state index is -0.283. The van der Waals surface area contributed by atoms with E-state index in [2.05, 4.69) is 33.1 Å². The summed E-state index contributed by atoms with van der Waals surface area (Å²) in [6.45, 7) is 5.83. The van der Waals surface area contributed by atoms with Crippen molar-refractivity contribution in [3.8, 4) is 0 Å². The molecular weight excluding hydrogens is 332 g/mol. The number of carbonyl (C=O) groups is 2. The molecule has 4 nitrogen and oxygen atoms in total. The van der Waals surface area contributed by atoms with E-state index < -0.39 is 0 Å².